The van der Waals surface area contributed by atoms with Gasteiger partial charge in [-0.2, -0.15) is 4.98 Å². The van der Waals surface area contributed by atoms with E-state index in [4.69, 9.17) is 10.2 Å². The van der Waals surface area contributed by atoms with Gasteiger partial charge < -0.3 is 14.6 Å². The van der Waals surface area contributed by atoms with Crippen molar-refractivity contribution < 1.29 is 4.42 Å². The molecule has 0 amide bonds. The molecule has 0 spiro atoms. The van der Waals surface area contributed by atoms with Crippen LogP contribution in [0.3, 0.4) is 0 Å². The molecule has 0 saturated heterocycles. The summed E-state index contributed by atoms with van der Waals surface area (Å²) in [6.45, 7) is 0. The number of oxazole rings is 1. The smallest absolute Gasteiger partial charge is 0.292 e. The average Bonchev–Trinajstić information content (AvgIpc) is 3.00. The summed E-state index contributed by atoms with van der Waals surface area (Å²) in [5.41, 5.74) is 11.3. The number of nitrogens with zero attached hydrogens (tertiary/aromatic N) is 3. The molecule has 0 aliphatic carbocycles. The summed E-state index contributed by atoms with van der Waals surface area (Å²) in [6.07, 6.45) is 3.93. The van der Waals surface area contributed by atoms with Crippen LogP contribution in [0.2, 0.25) is 0 Å². The third-order valence-electron chi connectivity index (χ3n) is 3.43. The molecule has 0 unspecified atom stereocenters. The Balaban J connectivity index is 1.92. The quantitative estimate of drug-likeness (QED) is 0.519. The van der Waals surface area contributed by atoms with Crippen LogP contribution in [-0.4, -0.2) is 22.2 Å². The third-order valence-corrected chi connectivity index (χ3v) is 3.43. The molecule has 2 N–H and O–H groups in total. The van der Waals surface area contributed by atoms with Crippen LogP contribution in [0.25, 0.3) is 27.9 Å². The van der Waals surface area contributed by atoms with E-state index in [1.165, 1.54) is 0 Å². The summed E-state index contributed by atoms with van der Waals surface area (Å²) in [6, 6.07) is 10.1. The van der Waals surface area contributed by atoms with E-state index in [1.54, 1.807) is 0 Å². The minimum Gasteiger partial charge on any atom is -0.424 e. The molecule has 0 atom stereocenters. The number of hydrogen-bond acceptors (Lipinski definition) is 4. The number of nitrogen functional groups attached to an aromatic ring is 1. The van der Waals surface area contributed by atoms with E-state index in [9.17, 15) is 0 Å². The monoisotopic (exact) mass is 262 g/mol. The molecule has 0 bridgehead atoms. The van der Waals surface area contributed by atoms with Gasteiger partial charge in [0.1, 0.15) is 11.2 Å². The molecule has 0 aliphatic rings. The molecule has 20 heavy (non-hydrogen) atoms. The first-order valence-electron chi connectivity index (χ1n) is 6.31. The zero-order chi connectivity index (χ0) is 13.7. The zero-order valence-corrected chi connectivity index (χ0v) is 10.9. The van der Waals surface area contributed by atoms with E-state index in [0.29, 0.717) is 5.58 Å². The first kappa shape index (κ1) is 11.1. The van der Waals surface area contributed by atoms with E-state index in [-0.39, 0.29) is 6.01 Å². The molecule has 3 heterocycles. The lowest BCUT2D eigenvalue weighted by molar-refractivity contribution is 0.626. The maximum absolute atomic E-state index is 5.57. The highest BCUT2D eigenvalue weighted by atomic mass is 16.4. The van der Waals surface area contributed by atoms with Crippen molar-refractivity contribution in [2.45, 2.75) is 0 Å². The van der Waals surface area contributed by atoms with Gasteiger partial charge in [0.25, 0.3) is 6.01 Å². The van der Waals surface area contributed by atoms with Crippen molar-refractivity contribution in [1.29, 1.82) is 0 Å². The van der Waals surface area contributed by atoms with E-state index in [0.717, 1.165) is 27.9 Å². The van der Waals surface area contributed by atoms with Crippen LogP contribution in [0.5, 0.6) is 0 Å². The standard InChI is InChI=1S/C14H11BN4O/c15-12-6-17-13-4-2-9(7-19(12)13)8-1-3-11-10(5-8)18-14(16)20-11/h1-7H,15H2,(H2,16,18). The van der Waals surface area contributed by atoms with Crippen LogP contribution in [0, 0.1) is 0 Å². The number of rotatable bonds is 1. The van der Waals surface area contributed by atoms with Gasteiger partial charge in [-0.15, -0.1) is 0 Å². The Morgan fingerprint density at radius 3 is 2.90 bits per heavy atom. The number of hydrogen-bond donors (Lipinski definition) is 1. The fourth-order valence-electron chi connectivity index (χ4n) is 2.40. The summed E-state index contributed by atoms with van der Waals surface area (Å²) in [4.78, 5) is 8.49. The lowest BCUT2D eigenvalue weighted by Crippen LogP contribution is -2.08. The predicted octanol–water partition coefficient (Wildman–Crippen LogP) is 0.983. The average molecular weight is 262 g/mol. The molecule has 1 aromatic carbocycles. The lowest BCUT2D eigenvalue weighted by Gasteiger charge is -2.04. The van der Waals surface area contributed by atoms with Gasteiger partial charge in [-0.25, -0.2) is 4.98 Å². The maximum Gasteiger partial charge on any atom is 0.292 e. The minimum atomic E-state index is 0.193. The summed E-state index contributed by atoms with van der Waals surface area (Å²) in [5.74, 6) is 0. The summed E-state index contributed by atoms with van der Waals surface area (Å²) in [5, 5.41) is 0. The molecule has 4 aromatic rings. The fourth-order valence-corrected chi connectivity index (χ4v) is 2.40. The van der Waals surface area contributed by atoms with Gasteiger partial charge in [0.05, 0.1) is 0 Å². The summed E-state index contributed by atoms with van der Waals surface area (Å²) in [7, 11) is 2.03. The number of nitrogens with two attached hydrogens (primary N) is 1. The van der Waals surface area contributed by atoms with Crippen LogP contribution >= 0.6 is 0 Å². The lowest BCUT2D eigenvalue weighted by atomic mass is 10.1. The van der Waals surface area contributed by atoms with E-state index >= 15 is 0 Å². The van der Waals surface area contributed by atoms with Gasteiger partial charge >= 0.3 is 0 Å². The Labute approximate surface area is 115 Å². The molecule has 0 fully saturated rings. The van der Waals surface area contributed by atoms with Crippen LogP contribution in [-0.2, 0) is 0 Å². The van der Waals surface area contributed by atoms with Gasteiger partial charge in [-0.1, -0.05) is 6.07 Å². The third kappa shape index (κ3) is 1.58. The predicted molar refractivity (Wildman–Crippen MR) is 80.8 cm³/mol. The van der Waals surface area contributed by atoms with E-state index in [2.05, 4.69) is 20.6 Å². The van der Waals surface area contributed by atoms with Crippen molar-refractivity contribution in [1.82, 2.24) is 14.4 Å². The van der Waals surface area contributed by atoms with Crippen molar-refractivity contribution in [2.75, 3.05) is 5.73 Å². The number of fused-ring (bicyclic) bond motifs is 2. The largest absolute Gasteiger partial charge is 0.424 e. The number of benzene rings is 1. The fraction of sp³-hybridized carbons (Fsp3) is 0. The van der Waals surface area contributed by atoms with Crippen molar-refractivity contribution >= 4 is 36.2 Å². The highest BCUT2D eigenvalue weighted by Gasteiger charge is 2.06. The first-order valence-corrected chi connectivity index (χ1v) is 6.31. The second-order valence-electron chi connectivity index (χ2n) is 4.78. The normalized spacial score (nSPS) is 11.4. The highest BCUT2D eigenvalue weighted by molar-refractivity contribution is 6.31. The van der Waals surface area contributed by atoms with Gasteiger partial charge in [-0.05, 0) is 41.0 Å². The second-order valence-corrected chi connectivity index (χ2v) is 4.78. The molecule has 5 nitrogen and oxygen atoms in total. The SMILES string of the molecule is Bc1cnc2ccc(-c3ccc4oc(N)nc4c3)cn12. The van der Waals surface area contributed by atoms with Crippen LogP contribution in [0.4, 0.5) is 6.01 Å². The molecule has 0 saturated carbocycles. The zero-order valence-electron chi connectivity index (χ0n) is 10.9. The summed E-state index contributed by atoms with van der Waals surface area (Å²) < 4.78 is 7.35. The minimum absolute atomic E-state index is 0.193. The number of anilines is 1. The molecule has 0 aliphatic heterocycles. The highest BCUT2D eigenvalue weighted by Crippen LogP contribution is 2.25. The van der Waals surface area contributed by atoms with Gasteiger partial charge in [-0.3, -0.25) is 0 Å². The van der Waals surface area contributed by atoms with Gasteiger partial charge in [0, 0.05) is 12.4 Å². The molecular weight excluding hydrogens is 251 g/mol. The topological polar surface area (TPSA) is 69.3 Å². The Morgan fingerprint density at radius 1 is 1.15 bits per heavy atom. The molecule has 4 rings (SSSR count). The number of imidazole rings is 1. The Kier molecular flexibility index (Phi) is 2.15. The van der Waals surface area contributed by atoms with Crippen molar-refractivity contribution in [3.63, 3.8) is 0 Å². The molecule has 6 heteroatoms. The van der Waals surface area contributed by atoms with Crippen molar-refractivity contribution in [2.24, 2.45) is 0 Å². The Morgan fingerprint density at radius 2 is 2.00 bits per heavy atom. The van der Waals surface area contributed by atoms with Crippen LogP contribution in [0.1, 0.15) is 0 Å². The number of pyridine rings is 1. The van der Waals surface area contributed by atoms with E-state index in [1.807, 2.05) is 44.4 Å². The van der Waals surface area contributed by atoms with Crippen LogP contribution in [0.15, 0.2) is 47.1 Å². The maximum atomic E-state index is 5.57. The molecule has 3 aromatic heterocycles. The van der Waals surface area contributed by atoms with E-state index < -0.39 is 0 Å². The Bertz CT molecular complexity index is 941. The first-order chi connectivity index (χ1) is 9.70. The molecule has 96 valence electrons. The van der Waals surface area contributed by atoms with Crippen LogP contribution < -0.4 is 11.3 Å². The second kappa shape index (κ2) is 3.87. The Hall–Kier alpha value is -2.76. The van der Waals surface area contributed by atoms with Gasteiger partial charge in [0.2, 0.25) is 0 Å². The van der Waals surface area contributed by atoms with Gasteiger partial charge in [0.15, 0.2) is 13.4 Å². The molecule has 0 radical (unpaired) electrons. The number of aromatic nitrogens is 3. The van der Waals surface area contributed by atoms with Crippen molar-refractivity contribution in [3.8, 4) is 11.1 Å². The summed E-state index contributed by atoms with van der Waals surface area (Å²) >= 11 is 0. The van der Waals surface area contributed by atoms with Crippen molar-refractivity contribution in [3.05, 3.63) is 42.7 Å². The molecular formula is C14H11BN4O.